The predicted octanol–water partition coefficient (Wildman–Crippen LogP) is 2.85. The number of unbranched alkanes of at least 4 members (excludes halogenated alkanes) is 1. The Labute approximate surface area is 210 Å². The molecule has 9 nitrogen and oxygen atoms in total. The first-order valence-corrected chi connectivity index (χ1v) is 12.7. The number of hydrogen-bond acceptors (Lipinski definition) is 9. The first kappa shape index (κ1) is 28.6. The van der Waals surface area contributed by atoms with Gasteiger partial charge in [-0.3, -0.25) is 0 Å². The maximum atomic E-state index is 7.57. The number of nitrogens with two attached hydrogens (primary N) is 1. The smallest absolute Gasteiger partial charge is 0.222 e. The topological polar surface area (TPSA) is 118 Å². The van der Waals surface area contributed by atoms with E-state index in [2.05, 4.69) is 38.5 Å². The minimum absolute atomic E-state index is 0.250. The van der Waals surface area contributed by atoms with Gasteiger partial charge >= 0.3 is 0 Å². The molecule has 0 unspecified atom stereocenters. The minimum Gasteiger partial charge on any atom is -0.496 e. The van der Waals surface area contributed by atoms with Gasteiger partial charge in [0.1, 0.15) is 17.3 Å². The van der Waals surface area contributed by atoms with E-state index in [9.17, 15) is 0 Å². The summed E-state index contributed by atoms with van der Waals surface area (Å²) < 4.78 is 11.7. The minimum atomic E-state index is 0.250. The summed E-state index contributed by atoms with van der Waals surface area (Å²) in [6, 6.07) is 6.05. The van der Waals surface area contributed by atoms with Crippen molar-refractivity contribution in [3.05, 3.63) is 35.0 Å². The average Bonchev–Trinajstić information content (AvgIpc) is 2.85. The summed E-state index contributed by atoms with van der Waals surface area (Å²) in [5.41, 5.74) is 8.88. The van der Waals surface area contributed by atoms with Gasteiger partial charge < -0.3 is 35.8 Å². The van der Waals surface area contributed by atoms with Crippen molar-refractivity contribution in [2.75, 3.05) is 70.6 Å². The number of nitrogens with zero attached hydrogens (tertiary/aromatic N) is 3. The molecule has 1 saturated heterocycles. The molecule has 0 bridgehead atoms. The van der Waals surface area contributed by atoms with Crippen molar-refractivity contribution in [2.45, 2.75) is 46.5 Å². The molecule has 0 radical (unpaired) electrons. The molecule has 1 aromatic heterocycles. The lowest BCUT2D eigenvalue weighted by Gasteiger charge is -2.27. The van der Waals surface area contributed by atoms with Crippen LogP contribution >= 0.6 is 0 Å². The summed E-state index contributed by atoms with van der Waals surface area (Å²) >= 11 is 0. The quantitative estimate of drug-likeness (QED) is 0.335. The number of methoxy groups -OCH3 is 1. The van der Waals surface area contributed by atoms with Gasteiger partial charge in [0, 0.05) is 69.6 Å². The Balaban J connectivity index is 0.00000137. The number of aliphatic hydroxyl groups is 1. The highest BCUT2D eigenvalue weighted by atomic mass is 16.5. The van der Waals surface area contributed by atoms with Crippen molar-refractivity contribution in [1.29, 1.82) is 0 Å². The number of benzene rings is 1. The molecular formula is C26H44N6O3. The van der Waals surface area contributed by atoms with Crippen LogP contribution in [0.5, 0.6) is 11.5 Å². The van der Waals surface area contributed by atoms with Crippen LogP contribution < -0.4 is 25.8 Å². The van der Waals surface area contributed by atoms with E-state index in [0.717, 1.165) is 92.7 Å². The van der Waals surface area contributed by atoms with Gasteiger partial charge in [-0.25, -0.2) is 4.98 Å². The summed E-state index contributed by atoms with van der Waals surface area (Å²) in [4.78, 5) is 11.3. The molecule has 0 saturated carbocycles. The van der Waals surface area contributed by atoms with E-state index in [-0.39, 0.29) is 6.61 Å². The van der Waals surface area contributed by atoms with E-state index in [4.69, 9.17) is 20.3 Å². The highest BCUT2D eigenvalue weighted by molar-refractivity contribution is 5.53. The van der Waals surface area contributed by atoms with Crippen molar-refractivity contribution >= 4 is 11.8 Å². The van der Waals surface area contributed by atoms with Gasteiger partial charge in [-0.2, -0.15) is 4.98 Å². The van der Waals surface area contributed by atoms with Crippen LogP contribution in [0.2, 0.25) is 0 Å². The molecule has 196 valence electrons. The van der Waals surface area contributed by atoms with Crippen LogP contribution in [0, 0.1) is 6.92 Å². The normalized spacial score (nSPS) is 13.6. The molecular weight excluding hydrogens is 444 g/mol. The highest BCUT2D eigenvalue weighted by Crippen LogP contribution is 2.30. The number of aliphatic hydroxyl groups excluding tert-OH is 1. The molecule has 0 amide bonds. The fourth-order valence-corrected chi connectivity index (χ4v) is 3.92. The zero-order valence-corrected chi connectivity index (χ0v) is 21.9. The van der Waals surface area contributed by atoms with Crippen molar-refractivity contribution in [2.24, 2.45) is 0 Å². The lowest BCUT2D eigenvalue weighted by Crippen LogP contribution is -2.43. The van der Waals surface area contributed by atoms with E-state index >= 15 is 0 Å². The molecule has 1 fully saturated rings. The molecule has 1 aromatic carbocycles. The zero-order chi connectivity index (χ0) is 25.5. The second-order valence-electron chi connectivity index (χ2n) is 8.54. The van der Waals surface area contributed by atoms with Crippen LogP contribution in [0.15, 0.2) is 18.2 Å². The van der Waals surface area contributed by atoms with E-state index in [1.165, 1.54) is 0 Å². The highest BCUT2D eigenvalue weighted by Gasteiger charge is 2.15. The fourth-order valence-electron chi connectivity index (χ4n) is 3.92. The zero-order valence-electron chi connectivity index (χ0n) is 21.9. The Bertz CT molecular complexity index is 874. The Kier molecular flexibility index (Phi) is 13.2. The molecule has 3 rings (SSSR count). The average molecular weight is 489 g/mol. The summed E-state index contributed by atoms with van der Waals surface area (Å²) in [7, 11) is 1.69. The van der Waals surface area contributed by atoms with E-state index < -0.39 is 0 Å². The van der Waals surface area contributed by atoms with E-state index in [0.29, 0.717) is 19.0 Å². The second-order valence-corrected chi connectivity index (χ2v) is 8.54. The number of nitrogens with one attached hydrogen (secondary N) is 2. The third-order valence-corrected chi connectivity index (χ3v) is 5.78. The van der Waals surface area contributed by atoms with Gasteiger partial charge in [-0.1, -0.05) is 19.4 Å². The number of anilines is 2. The molecule has 1 aliphatic rings. The number of rotatable bonds is 12. The largest absolute Gasteiger partial charge is 0.496 e. The molecule has 0 spiro atoms. The fraction of sp³-hybridized carbons (Fsp3) is 0.615. The van der Waals surface area contributed by atoms with Crippen molar-refractivity contribution in [3.63, 3.8) is 0 Å². The van der Waals surface area contributed by atoms with Crippen LogP contribution in [0.3, 0.4) is 0 Å². The molecule has 35 heavy (non-hydrogen) atoms. The van der Waals surface area contributed by atoms with Gasteiger partial charge in [0.25, 0.3) is 0 Å². The number of aromatic nitrogens is 2. The van der Waals surface area contributed by atoms with Crippen molar-refractivity contribution in [1.82, 2.24) is 20.2 Å². The first-order valence-electron chi connectivity index (χ1n) is 12.7. The molecule has 2 aromatic rings. The van der Waals surface area contributed by atoms with Gasteiger partial charge in [0.2, 0.25) is 5.95 Å². The molecule has 9 heteroatoms. The second kappa shape index (κ2) is 16.1. The molecule has 0 aliphatic carbocycles. The molecule has 0 atom stereocenters. The van der Waals surface area contributed by atoms with Gasteiger partial charge in [0.15, 0.2) is 0 Å². The Morgan fingerprint density at radius 2 is 1.91 bits per heavy atom. The molecule has 5 N–H and O–H groups in total. The third kappa shape index (κ3) is 9.87. The number of hydrogen-bond donors (Lipinski definition) is 4. The lowest BCUT2D eigenvalue weighted by molar-refractivity contribution is 0.213. The third-order valence-electron chi connectivity index (χ3n) is 5.78. The van der Waals surface area contributed by atoms with Crippen LogP contribution in [-0.4, -0.2) is 79.6 Å². The Hall–Kier alpha value is -2.62. The van der Waals surface area contributed by atoms with Crippen molar-refractivity contribution in [3.8, 4) is 11.5 Å². The predicted molar refractivity (Wildman–Crippen MR) is 143 cm³/mol. The molecule has 2 heterocycles. The Morgan fingerprint density at radius 1 is 1.17 bits per heavy atom. The van der Waals surface area contributed by atoms with Crippen LogP contribution in [-0.2, 0) is 6.42 Å². The maximum Gasteiger partial charge on any atom is 0.222 e. The van der Waals surface area contributed by atoms with E-state index in [1.54, 1.807) is 14.0 Å². The van der Waals surface area contributed by atoms with Crippen LogP contribution in [0.1, 0.15) is 49.9 Å². The van der Waals surface area contributed by atoms with E-state index in [1.807, 2.05) is 19.1 Å². The van der Waals surface area contributed by atoms with Gasteiger partial charge in [-0.15, -0.1) is 0 Å². The SMILES string of the molecule is CCCCNc1nc(N)nc(C)c1Cc1ccc(OCCCN2CCNCC2)cc1OC.CCO. The Morgan fingerprint density at radius 3 is 2.60 bits per heavy atom. The lowest BCUT2D eigenvalue weighted by atomic mass is 10.0. The van der Waals surface area contributed by atoms with Gasteiger partial charge in [0.05, 0.1) is 13.7 Å². The first-order chi connectivity index (χ1) is 17.0. The van der Waals surface area contributed by atoms with Gasteiger partial charge in [-0.05, 0) is 38.3 Å². The monoisotopic (exact) mass is 488 g/mol. The van der Waals surface area contributed by atoms with Crippen LogP contribution in [0.4, 0.5) is 11.8 Å². The number of nitrogen functional groups attached to an aromatic ring is 1. The maximum absolute atomic E-state index is 7.57. The summed E-state index contributed by atoms with van der Waals surface area (Å²) in [5, 5.41) is 14.4. The molecule has 1 aliphatic heterocycles. The van der Waals surface area contributed by atoms with Crippen molar-refractivity contribution < 1.29 is 14.6 Å². The number of aryl methyl sites for hydroxylation is 1. The summed E-state index contributed by atoms with van der Waals surface area (Å²) in [5.74, 6) is 2.73. The number of piperazine rings is 1. The standard InChI is InChI=1S/C24H38N6O2.C2H6O/c1-4-5-9-27-23-21(18(2)28-24(25)29-23)16-19-7-8-20(17-22(19)31-3)32-15-6-12-30-13-10-26-11-14-30;1-2-3/h7-8,17,26H,4-6,9-16H2,1-3H3,(H3,25,27,28,29);3H,2H2,1H3. The summed E-state index contributed by atoms with van der Waals surface area (Å²) in [6.07, 6.45) is 3.87. The number of ether oxygens (including phenoxy) is 2. The summed E-state index contributed by atoms with van der Waals surface area (Å²) in [6.45, 7) is 13.1. The van der Waals surface area contributed by atoms with Crippen LogP contribution in [0.25, 0.3) is 0 Å².